The van der Waals surface area contributed by atoms with Gasteiger partial charge in [-0.2, -0.15) is 0 Å². The maximum atomic E-state index is 2.31. The summed E-state index contributed by atoms with van der Waals surface area (Å²) in [6.45, 7) is 5.70. The van der Waals surface area contributed by atoms with Crippen molar-refractivity contribution >= 4 is 0 Å². The van der Waals surface area contributed by atoms with Crippen LogP contribution in [0.15, 0.2) is 30.6 Å². The third-order valence-electron chi connectivity index (χ3n) is 2.08. The molecular weight excluding hydrogens is 226 g/mol. The molecule has 0 N–H and O–H groups in total. The van der Waals surface area contributed by atoms with Crippen molar-refractivity contribution in [1.82, 2.24) is 0 Å². The van der Waals surface area contributed by atoms with Gasteiger partial charge in [0.25, 0.3) is 0 Å². The highest BCUT2D eigenvalue weighted by Gasteiger charge is 2.05. The van der Waals surface area contributed by atoms with Gasteiger partial charge < -0.3 is 17.0 Å². The highest BCUT2D eigenvalue weighted by atomic mass is 79.9. The SMILES string of the molecule is CCCC(C)C[n+]1ccccc1.[Br-]. The summed E-state index contributed by atoms with van der Waals surface area (Å²) in [5, 5.41) is 0. The van der Waals surface area contributed by atoms with Gasteiger partial charge in [-0.25, -0.2) is 4.57 Å². The molecule has 1 aromatic heterocycles. The number of hydrogen-bond donors (Lipinski definition) is 0. The molecule has 0 radical (unpaired) electrons. The Kier molecular flexibility index (Phi) is 6.87. The van der Waals surface area contributed by atoms with E-state index < -0.39 is 0 Å². The van der Waals surface area contributed by atoms with Crippen molar-refractivity contribution in [2.75, 3.05) is 0 Å². The summed E-state index contributed by atoms with van der Waals surface area (Å²) < 4.78 is 2.25. The third kappa shape index (κ3) is 5.04. The lowest BCUT2D eigenvalue weighted by molar-refractivity contribution is -0.703. The van der Waals surface area contributed by atoms with E-state index in [1.807, 2.05) is 0 Å². The fourth-order valence-corrected chi connectivity index (χ4v) is 1.50. The molecule has 13 heavy (non-hydrogen) atoms. The van der Waals surface area contributed by atoms with Gasteiger partial charge in [0.05, 0.1) is 0 Å². The fraction of sp³-hybridized carbons (Fsp3) is 0.545. The molecule has 0 saturated heterocycles. The van der Waals surface area contributed by atoms with Crippen LogP contribution in [0.2, 0.25) is 0 Å². The zero-order chi connectivity index (χ0) is 8.81. The van der Waals surface area contributed by atoms with E-state index >= 15 is 0 Å². The van der Waals surface area contributed by atoms with Crippen LogP contribution >= 0.6 is 0 Å². The molecule has 74 valence electrons. The summed E-state index contributed by atoms with van der Waals surface area (Å²) in [5.41, 5.74) is 0. The Morgan fingerprint density at radius 1 is 1.15 bits per heavy atom. The summed E-state index contributed by atoms with van der Waals surface area (Å²) in [6, 6.07) is 6.22. The van der Waals surface area contributed by atoms with Crippen LogP contribution in [-0.2, 0) is 6.54 Å². The predicted octanol–water partition coefficient (Wildman–Crippen LogP) is -0.586. The molecule has 1 rings (SSSR count). The molecule has 0 aromatic carbocycles. The lowest BCUT2D eigenvalue weighted by atomic mass is 10.1. The molecule has 1 heterocycles. The van der Waals surface area contributed by atoms with Crippen molar-refractivity contribution < 1.29 is 21.5 Å². The van der Waals surface area contributed by atoms with Gasteiger partial charge in [-0.3, -0.25) is 0 Å². The monoisotopic (exact) mass is 243 g/mol. The van der Waals surface area contributed by atoms with Crippen LogP contribution in [0.5, 0.6) is 0 Å². The van der Waals surface area contributed by atoms with Crippen molar-refractivity contribution in [2.24, 2.45) is 5.92 Å². The van der Waals surface area contributed by atoms with Gasteiger partial charge in [0, 0.05) is 18.1 Å². The smallest absolute Gasteiger partial charge is 0.168 e. The van der Waals surface area contributed by atoms with Gasteiger partial charge in [0.15, 0.2) is 18.9 Å². The number of nitrogens with zero attached hydrogens (tertiary/aromatic N) is 1. The second-order valence-corrected chi connectivity index (χ2v) is 3.47. The zero-order valence-electron chi connectivity index (χ0n) is 8.41. The Morgan fingerprint density at radius 3 is 2.31 bits per heavy atom. The third-order valence-corrected chi connectivity index (χ3v) is 2.08. The van der Waals surface area contributed by atoms with Crippen LogP contribution in [0.3, 0.4) is 0 Å². The fourth-order valence-electron chi connectivity index (χ4n) is 1.50. The molecule has 0 amide bonds. The molecule has 0 fully saturated rings. The van der Waals surface area contributed by atoms with E-state index in [0.717, 1.165) is 12.5 Å². The molecule has 0 aliphatic heterocycles. The molecule has 0 bridgehead atoms. The predicted molar refractivity (Wildman–Crippen MR) is 50.7 cm³/mol. The Hall–Kier alpha value is -0.370. The topological polar surface area (TPSA) is 3.88 Å². The average molecular weight is 244 g/mol. The van der Waals surface area contributed by atoms with Gasteiger partial charge in [0.2, 0.25) is 0 Å². The van der Waals surface area contributed by atoms with Crippen molar-refractivity contribution in [3.63, 3.8) is 0 Å². The van der Waals surface area contributed by atoms with Crippen molar-refractivity contribution in [3.8, 4) is 0 Å². The van der Waals surface area contributed by atoms with Crippen molar-refractivity contribution in [3.05, 3.63) is 30.6 Å². The molecule has 1 nitrogen and oxygen atoms in total. The second-order valence-electron chi connectivity index (χ2n) is 3.47. The van der Waals surface area contributed by atoms with Crippen LogP contribution in [-0.4, -0.2) is 0 Å². The Morgan fingerprint density at radius 2 is 1.77 bits per heavy atom. The Labute approximate surface area is 91.6 Å². The first-order valence-corrected chi connectivity index (χ1v) is 4.77. The maximum absolute atomic E-state index is 2.31. The van der Waals surface area contributed by atoms with Gasteiger partial charge in [-0.05, 0) is 6.42 Å². The normalized spacial score (nSPS) is 11.8. The van der Waals surface area contributed by atoms with Gasteiger partial charge >= 0.3 is 0 Å². The van der Waals surface area contributed by atoms with Crippen LogP contribution in [0.25, 0.3) is 0 Å². The van der Waals surface area contributed by atoms with Crippen LogP contribution in [0, 0.1) is 5.92 Å². The number of hydrogen-bond acceptors (Lipinski definition) is 0. The molecule has 1 aromatic rings. The number of aromatic nitrogens is 1. The number of pyridine rings is 1. The van der Waals surface area contributed by atoms with E-state index in [9.17, 15) is 0 Å². The summed E-state index contributed by atoms with van der Waals surface area (Å²) in [7, 11) is 0. The van der Waals surface area contributed by atoms with E-state index in [0.29, 0.717) is 0 Å². The van der Waals surface area contributed by atoms with Crippen LogP contribution in [0.1, 0.15) is 26.7 Å². The first-order chi connectivity index (χ1) is 5.83. The Bertz CT molecular complexity index is 211. The summed E-state index contributed by atoms with van der Waals surface area (Å²) >= 11 is 0. The summed E-state index contributed by atoms with van der Waals surface area (Å²) in [6.07, 6.45) is 6.87. The van der Waals surface area contributed by atoms with E-state index in [1.54, 1.807) is 0 Å². The number of rotatable bonds is 4. The first kappa shape index (κ1) is 12.6. The Balaban J connectivity index is 0.00000144. The lowest BCUT2D eigenvalue weighted by Crippen LogP contribution is -3.00. The molecule has 0 spiro atoms. The molecule has 1 unspecified atom stereocenters. The van der Waals surface area contributed by atoms with Crippen LogP contribution in [0.4, 0.5) is 0 Å². The van der Waals surface area contributed by atoms with Crippen molar-refractivity contribution in [1.29, 1.82) is 0 Å². The van der Waals surface area contributed by atoms with E-state index in [1.165, 1.54) is 12.8 Å². The van der Waals surface area contributed by atoms with Gasteiger partial charge in [0.1, 0.15) is 0 Å². The lowest BCUT2D eigenvalue weighted by Gasteiger charge is -2.04. The highest BCUT2D eigenvalue weighted by molar-refractivity contribution is 4.83. The molecule has 2 heteroatoms. The van der Waals surface area contributed by atoms with Gasteiger partial charge in [-0.15, -0.1) is 0 Å². The number of halogens is 1. The zero-order valence-corrected chi connectivity index (χ0v) is 10.00. The summed E-state index contributed by atoms with van der Waals surface area (Å²) in [4.78, 5) is 0. The first-order valence-electron chi connectivity index (χ1n) is 4.77. The molecule has 0 aliphatic carbocycles. The van der Waals surface area contributed by atoms with Crippen molar-refractivity contribution in [2.45, 2.75) is 33.2 Å². The minimum Gasteiger partial charge on any atom is -1.00 e. The van der Waals surface area contributed by atoms with E-state index in [-0.39, 0.29) is 17.0 Å². The van der Waals surface area contributed by atoms with E-state index in [2.05, 4.69) is 49.0 Å². The minimum atomic E-state index is 0. The maximum Gasteiger partial charge on any atom is 0.168 e. The molecule has 0 saturated carbocycles. The molecular formula is C11H18BrN. The standard InChI is InChI=1S/C11H18N.BrH/c1-3-7-11(2)10-12-8-5-4-6-9-12;/h4-6,8-9,11H,3,7,10H2,1-2H3;1H/q+1;/p-1. The largest absolute Gasteiger partial charge is 1.00 e. The highest BCUT2D eigenvalue weighted by Crippen LogP contribution is 2.03. The van der Waals surface area contributed by atoms with Crippen LogP contribution < -0.4 is 21.5 Å². The quantitative estimate of drug-likeness (QED) is 0.624. The average Bonchev–Trinajstić information content (AvgIpc) is 2.06. The molecule has 0 aliphatic rings. The molecule has 1 atom stereocenters. The van der Waals surface area contributed by atoms with Gasteiger partial charge in [-0.1, -0.05) is 26.3 Å². The van der Waals surface area contributed by atoms with E-state index in [4.69, 9.17) is 0 Å². The summed E-state index contributed by atoms with van der Waals surface area (Å²) in [5.74, 6) is 0.794. The minimum absolute atomic E-state index is 0. The second kappa shape index (κ2) is 7.07.